The van der Waals surface area contributed by atoms with Crippen LogP contribution in [0.5, 0.6) is 5.75 Å². The molecule has 0 spiro atoms. The number of aliphatic hydroxyl groups is 1. The van der Waals surface area contributed by atoms with Gasteiger partial charge in [-0.05, 0) is 31.0 Å². The number of phenols is 1. The van der Waals surface area contributed by atoms with Crippen LogP contribution in [0, 0.1) is 0 Å². The number of phenolic OH excluding ortho intramolecular Hbond substituents is 1. The van der Waals surface area contributed by atoms with E-state index in [2.05, 4.69) is 0 Å². The summed E-state index contributed by atoms with van der Waals surface area (Å²) in [5.41, 5.74) is 2.54. The van der Waals surface area contributed by atoms with Gasteiger partial charge in [-0.1, -0.05) is 18.2 Å². The van der Waals surface area contributed by atoms with E-state index in [1.54, 1.807) is 6.07 Å². The summed E-state index contributed by atoms with van der Waals surface area (Å²) in [5.74, 6) is 0.312. The second-order valence-electron chi connectivity index (χ2n) is 6.25. The zero-order valence-corrected chi connectivity index (χ0v) is 12.4. The third kappa shape index (κ3) is 2.34. The highest BCUT2D eigenvalue weighted by atomic mass is 16.3. The number of nitrogens with one attached hydrogen (secondary N) is 1. The Morgan fingerprint density at radius 1 is 1.14 bits per heavy atom. The summed E-state index contributed by atoms with van der Waals surface area (Å²) in [7, 11) is 0. The van der Waals surface area contributed by atoms with Gasteiger partial charge in [0.25, 0.3) is 0 Å². The van der Waals surface area contributed by atoms with Crippen LogP contribution in [0.25, 0.3) is 21.9 Å². The first-order valence-electron chi connectivity index (χ1n) is 7.85. The molecule has 2 atom stereocenters. The molecule has 0 bridgehead atoms. The summed E-state index contributed by atoms with van der Waals surface area (Å²) in [5, 5.41) is 22.1. The molecule has 22 heavy (non-hydrogen) atoms. The van der Waals surface area contributed by atoms with Gasteiger partial charge in [0, 0.05) is 10.8 Å². The zero-order chi connectivity index (χ0) is 15.1. The Morgan fingerprint density at radius 2 is 2.00 bits per heavy atom. The molecule has 2 heterocycles. The first-order chi connectivity index (χ1) is 10.7. The number of benzene rings is 2. The maximum atomic E-state index is 10.4. The molecule has 1 unspecified atom stereocenters. The maximum absolute atomic E-state index is 10.4. The molecule has 3 aromatic rings. The Labute approximate surface area is 128 Å². The average Bonchev–Trinajstić information content (AvgIpc) is 2.85. The number of hydrogen-bond donors (Lipinski definition) is 3. The number of fused-ring (bicyclic) bond motifs is 3. The quantitative estimate of drug-likeness (QED) is 0.676. The van der Waals surface area contributed by atoms with Crippen molar-refractivity contribution in [1.29, 1.82) is 0 Å². The SMILES string of the molecule is Oc1cc2c(cc1C[NH+]1CCC[C@@H](O)C1)oc1ccccc12. The van der Waals surface area contributed by atoms with E-state index in [0.29, 0.717) is 5.75 Å². The van der Waals surface area contributed by atoms with Crippen LogP contribution in [0.4, 0.5) is 0 Å². The Bertz CT molecular complexity index is 824. The number of quaternary nitrogens is 1. The minimum absolute atomic E-state index is 0.221. The van der Waals surface area contributed by atoms with Gasteiger partial charge in [-0.3, -0.25) is 0 Å². The van der Waals surface area contributed by atoms with E-state index in [1.165, 1.54) is 4.90 Å². The van der Waals surface area contributed by atoms with Crippen LogP contribution in [-0.2, 0) is 6.54 Å². The van der Waals surface area contributed by atoms with Crippen LogP contribution >= 0.6 is 0 Å². The summed E-state index contributed by atoms with van der Waals surface area (Å²) in [4.78, 5) is 1.31. The molecule has 1 aliphatic rings. The summed E-state index contributed by atoms with van der Waals surface area (Å²) in [6.07, 6.45) is 1.70. The minimum atomic E-state index is -0.221. The number of aliphatic hydroxyl groups excluding tert-OH is 1. The van der Waals surface area contributed by atoms with Crippen molar-refractivity contribution in [2.24, 2.45) is 0 Å². The first kappa shape index (κ1) is 13.6. The third-order valence-electron chi connectivity index (χ3n) is 4.61. The highest BCUT2D eigenvalue weighted by Crippen LogP contribution is 2.33. The molecular formula is C18H20NO3+. The molecule has 4 heteroatoms. The molecule has 4 nitrogen and oxygen atoms in total. The van der Waals surface area contributed by atoms with E-state index in [1.807, 2.05) is 30.3 Å². The predicted octanol–water partition coefficient (Wildman–Crippen LogP) is 1.83. The zero-order valence-electron chi connectivity index (χ0n) is 12.4. The molecule has 0 aliphatic carbocycles. The lowest BCUT2D eigenvalue weighted by molar-refractivity contribution is -0.921. The van der Waals surface area contributed by atoms with E-state index in [4.69, 9.17) is 4.42 Å². The van der Waals surface area contributed by atoms with Crippen molar-refractivity contribution in [3.05, 3.63) is 42.0 Å². The van der Waals surface area contributed by atoms with Crippen molar-refractivity contribution in [1.82, 2.24) is 0 Å². The molecule has 3 N–H and O–H groups in total. The van der Waals surface area contributed by atoms with Gasteiger partial charge < -0.3 is 19.5 Å². The third-order valence-corrected chi connectivity index (χ3v) is 4.61. The van der Waals surface area contributed by atoms with Crippen LogP contribution in [-0.4, -0.2) is 29.4 Å². The summed E-state index contributed by atoms with van der Waals surface area (Å²) < 4.78 is 5.89. The summed E-state index contributed by atoms with van der Waals surface area (Å²) in [6, 6.07) is 11.6. The topological polar surface area (TPSA) is 58.0 Å². The predicted molar refractivity (Wildman–Crippen MR) is 85.0 cm³/mol. The fraction of sp³-hybridized carbons (Fsp3) is 0.333. The van der Waals surface area contributed by atoms with Gasteiger partial charge in [0.1, 0.15) is 36.1 Å². The number of rotatable bonds is 2. The van der Waals surface area contributed by atoms with Crippen LogP contribution in [0.3, 0.4) is 0 Å². The van der Waals surface area contributed by atoms with E-state index in [9.17, 15) is 10.2 Å². The highest BCUT2D eigenvalue weighted by Gasteiger charge is 2.22. The largest absolute Gasteiger partial charge is 0.507 e. The summed E-state index contributed by atoms with van der Waals surface area (Å²) >= 11 is 0. The van der Waals surface area contributed by atoms with Crippen LogP contribution in [0.1, 0.15) is 18.4 Å². The van der Waals surface area contributed by atoms with Gasteiger partial charge in [-0.2, -0.15) is 0 Å². The summed E-state index contributed by atoms with van der Waals surface area (Å²) in [6.45, 7) is 2.50. The highest BCUT2D eigenvalue weighted by molar-refractivity contribution is 6.05. The molecule has 1 fully saturated rings. The lowest BCUT2D eigenvalue weighted by atomic mass is 10.1. The van der Waals surface area contributed by atoms with Crippen molar-refractivity contribution < 1.29 is 19.5 Å². The normalized spacial score (nSPS) is 22.4. The van der Waals surface area contributed by atoms with Gasteiger partial charge >= 0.3 is 0 Å². The Hall–Kier alpha value is -2.04. The van der Waals surface area contributed by atoms with Crippen molar-refractivity contribution in [3.63, 3.8) is 0 Å². The molecule has 0 radical (unpaired) electrons. The number of likely N-dealkylation sites (tertiary alicyclic amines) is 1. The smallest absolute Gasteiger partial charge is 0.136 e. The molecule has 4 rings (SSSR count). The molecular weight excluding hydrogens is 278 g/mol. The van der Waals surface area contributed by atoms with E-state index in [-0.39, 0.29) is 6.10 Å². The van der Waals surface area contributed by atoms with Gasteiger partial charge in [0.15, 0.2) is 0 Å². The van der Waals surface area contributed by atoms with Gasteiger partial charge in [-0.25, -0.2) is 0 Å². The number of furan rings is 1. The van der Waals surface area contributed by atoms with Gasteiger partial charge in [-0.15, -0.1) is 0 Å². The average molecular weight is 298 g/mol. The van der Waals surface area contributed by atoms with Crippen molar-refractivity contribution in [2.75, 3.05) is 13.1 Å². The number of para-hydroxylation sites is 1. The van der Waals surface area contributed by atoms with E-state index < -0.39 is 0 Å². The van der Waals surface area contributed by atoms with Crippen molar-refractivity contribution in [3.8, 4) is 5.75 Å². The second kappa shape index (κ2) is 5.30. The fourth-order valence-corrected chi connectivity index (χ4v) is 3.50. The fourth-order valence-electron chi connectivity index (χ4n) is 3.50. The van der Waals surface area contributed by atoms with Gasteiger partial charge in [0.05, 0.1) is 12.1 Å². The Balaban J connectivity index is 1.72. The Kier molecular flexibility index (Phi) is 3.28. The van der Waals surface area contributed by atoms with Crippen LogP contribution in [0.2, 0.25) is 0 Å². The monoisotopic (exact) mass is 298 g/mol. The van der Waals surface area contributed by atoms with Gasteiger partial charge in [0.2, 0.25) is 0 Å². The molecule has 1 saturated heterocycles. The Morgan fingerprint density at radius 3 is 2.86 bits per heavy atom. The van der Waals surface area contributed by atoms with Crippen LogP contribution < -0.4 is 4.90 Å². The number of aromatic hydroxyl groups is 1. The van der Waals surface area contributed by atoms with Crippen molar-refractivity contribution >= 4 is 21.9 Å². The van der Waals surface area contributed by atoms with Crippen molar-refractivity contribution in [2.45, 2.75) is 25.5 Å². The lowest BCUT2D eigenvalue weighted by Crippen LogP contribution is -3.12. The standard InChI is InChI=1S/C18H19NO3/c20-13-4-3-7-19(11-13)10-12-8-18-15(9-16(12)21)14-5-1-2-6-17(14)22-18/h1-2,5-6,8-9,13,20-21H,3-4,7,10-11H2/p+1/t13-/m1/s1. The molecule has 2 aromatic carbocycles. The molecule has 0 saturated carbocycles. The van der Waals surface area contributed by atoms with E-state index in [0.717, 1.165) is 60.0 Å². The molecule has 114 valence electrons. The number of piperidine rings is 1. The second-order valence-corrected chi connectivity index (χ2v) is 6.25. The molecule has 1 aromatic heterocycles. The molecule has 0 amide bonds. The lowest BCUT2D eigenvalue weighted by Gasteiger charge is -2.27. The molecule has 1 aliphatic heterocycles. The number of hydrogen-bond acceptors (Lipinski definition) is 3. The van der Waals surface area contributed by atoms with E-state index >= 15 is 0 Å². The maximum Gasteiger partial charge on any atom is 0.136 e. The first-order valence-corrected chi connectivity index (χ1v) is 7.85. The minimum Gasteiger partial charge on any atom is -0.507 e. The van der Waals surface area contributed by atoms with Crippen LogP contribution in [0.15, 0.2) is 40.8 Å².